The molecule has 4 aliphatic heterocycles. The Bertz CT molecular complexity index is 5780. The number of nitrogens with zero attached hydrogens (tertiary/aromatic N) is 1. The van der Waals surface area contributed by atoms with Crippen LogP contribution in [0.15, 0.2) is 334 Å². The molecule has 137 heavy (non-hydrogen) atoms. The van der Waals surface area contributed by atoms with E-state index >= 15 is 24.0 Å². The molecular weight excluding hydrogens is 1780 g/mol. The summed E-state index contributed by atoms with van der Waals surface area (Å²) < 4.78 is 118. The number of esters is 7. The van der Waals surface area contributed by atoms with E-state index in [1.807, 2.05) is 6.07 Å². The standard InChI is InChI=1S/C104H95NO32/c106-77-81(126-93(112)68-42-20-5-21-43-68)87(129-96(115)71-48-26-8-27-49-71)102(136-83(77)91(108)109)134-80-76(63-121-60-66-38-16-3-17-39-66)125-101(90(132-99(118)74-54-32-11-33-55-74)86(80)128-95(114)70-46-24-7-25-47-70)135-82-78(107)84(92(110)111)137-103(88(82)130-97(116)72-50-28-9-29-51-72)133-79-75(62-120-59-65-36-14-2-15-37-65)124-100(89(131-98(117)73-52-30-10-31-53-73)85(79)127-94(113)69-44-22-6-23-45-69)122-57-56-105(58-64-34-12-1-13-35-64)104(119)123-61-67-40-18-4-19-41-67/h1-55,75-90,100-103,106-107H,56-63H2,(H,108,109)(H,110,111)/t75-,76-,77+,78+,79-,80-,81+,82+,83+,84+,85+,86+,87-,88-,89-,90-,100-,101+,102-,103-/m1/s1. The van der Waals surface area contributed by atoms with Crippen LogP contribution in [0.25, 0.3) is 0 Å². The van der Waals surface area contributed by atoms with Crippen molar-refractivity contribution in [3.63, 3.8) is 0 Å². The maximum Gasteiger partial charge on any atom is 0.410 e. The Morgan fingerprint density at radius 1 is 0.270 bits per heavy atom. The molecule has 33 heteroatoms. The van der Waals surface area contributed by atoms with Crippen LogP contribution in [0.3, 0.4) is 0 Å². The zero-order valence-electron chi connectivity index (χ0n) is 73.1. The summed E-state index contributed by atoms with van der Waals surface area (Å²) in [4.78, 5) is 150. The van der Waals surface area contributed by atoms with Gasteiger partial charge >= 0.3 is 59.8 Å². The first-order valence-electron chi connectivity index (χ1n) is 43.8. The fraction of sp³-hybridized carbons (Fsp3) is 0.269. The van der Waals surface area contributed by atoms with Crippen molar-refractivity contribution in [3.05, 3.63) is 395 Å². The van der Waals surface area contributed by atoms with E-state index in [1.54, 1.807) is 170 Å². The van der Waals surface area contributed by atoms with Gasteiger partial charge in [0.25, 0.3) is 0 Å². The van der Waals surface area contributed by atoms with Crippen LogP contribution in [0.4, 0.5) is 4.79 Å². The van der Waals surface area contributed by atoms with Crippen LogP contribution < -0.4 is 0 Å². The van der Waals surface area contributed by atoms with Crippen molar-refractivity contribution in [1.82, 2.24) is 4.90 Å². The van der Waals surface area contributed by atoms with Crippen LogP contribution in [0.5, 0.6) is 0 Å². The lowest BCUT2D eigenvalue weighted by Gasteiger charge is -2.50. The van der Waals surface area contributed by atoms with Crippen molar-refractivity contribution in [3.8, 4) is 0 Å². The molecule has 0 bridgehead atoms. The van der Waals surface area contributed by atoms with E-state index in [1.165, 1.54) is 163 Å². The van der Waals surface area contributed by atoms with Gasteiger partial charge in [0.05, 0.1) is 72.0 Å². The number of carbonyl (C=O) groups is 10. The second-order valence-corrected chi connectivity index (χ2v) is 31.9. The lowest BCUT2D eigenvalue weighted by molar-refractivity contribution is -0.384. The van der Waals surface area contributed by atoms with Gasteiger partial charge in [-0.05, 0) is 107 Å². The van der Waals surface area contributed by atoms with E-state index < -0.39 is 202 Å². The first kappa shape index (κ1) is 97.0. The molecule has 1 amide bonds. The van der Waals surface area contributed by atoms with Crippen molar-refractivity contribution in [2.24, 2.45) is 0 Å². The Morgan fingerprint density at radius 3 is 0.847 bits per heavy atom. The van der Waals surface area contributed by atoms with Gasteiger partial charge < -0.3 is 111 Å². The third-order valence-corrected chi connectivity index (χ3v) is 22.5. The molecule has 4 fully saturated rings. The zero-order chi connectivity index (χ0) is 95.5. The molecule has 0 unspecified atom stereocenters. The van der Waals surface area contributed by atoms with E-state index in [4.69, 9.17) is 85.3 Å². The predicted octanol–water partition coefficient (Wildman–Crippen LogP) is 11.8. The number of amides is 1. The molecule has 0 spiro atoms. The topological polar surface area (TPSA) is 421 Å². The minimum absolute atomic E-state index is 0.0208. The van der Waals surface area contributed by atoms with E-state index in [9.17, 15) is 44.4 Å². The number of carbonyl (C=O) groups excluding carboxylic acids is 8. The quantitative estimate of drug-likeness (QED) is 0.0206. The molecule has 0 saturated carbocycles. The highest BCUT2D eigenvalue weighted by Gasteiger charge is 2.62. The summed E-state index contributed by atoms with van der Waals surface area (Å²) in [6.07, 6.45) is -46.4. The van der Waals surface area contributed by atoms with E-state index in [0.29, 0.717) is 22.3 Å². The van der Waals surface area contributed by atoms with Gasteiger partial charge in [0.2, 0.25) is 0 Å². The third kappa shape index (κ3) is 25.5. The lowest BCUT2D eigenvalue weighted by atomic mass is 9.94. The largest absolute Gasteiger partial charge is 0.479 e. The molecule has 4 aliphatic rings. The first-order valence-corrected chi connectivity index (χ1v) is 43.8. The normalized spacial score (nSPS) is 24.5. The molecule has 4 saturated heterocycles. The average molecular weight is 1870 g/mol. The number of carboxylic acid groups (broad SMARTS) is 2. The van der Waals surface area contributed by atoms with Gasteiger partial charge in [-0.25, -0.2) is 47.9 Å². The van der Waals surface area contributed by atoms with E-state index in [0.717, 1.165) is 0 Å². The Hall–Kier alpha value is -14.6. The Morgan fingerprint density at radius 2 is 0.518 bits per heavy atom. The molecular formula is C104H95NO32. The SMILES string of the molecule is O=C(O[C@@H]1[C@@H](OC(=O)c2ccccc2)[C@H](O[C@H]2[C@H](O)[C@@H](C(=O)O)O[C@@H](O[C@H]3[C@H](OC(=O)c4ccccc4)[C@@H](OC(=O)c4ccccc4)[C@H](OCCN(Cc4ccccc4)C(=O)OCc4ccccc4)O[C@@H]3COCc3ccccc3)[C@@H]2OC(=O)c2ccccc2)O[C@H](COCc2ccccc2)[C@H]1O[C@@H]1O[C@H](C(=O)O)[C@@H](O)[C@H](OC(=O)c2ccccc2)[C@H]1OC(=O)c1ccccc1)c1ccccc1. The van der Waals surface area contributed by atoms with Gasteiger partial charge in [-0.15, -0.1) is 0 Å². The van der Waals surface area contributed by atoms with Gasteiger partial charge in [0.15, 0.2) is 80.1 Å². The third-order valence-electron chi connectivity index (χ3n) is 22.5. The van der Waals surface area contributed by atoms with Gasteiger partial charge in [-0.3, -0.25) is 0 Å². The number of hydrogen-bond acceptors (Lipinski definition) is 30. The minimum Gasteiger partial charge on any atom is -0.479 e. The van der Waals surface area contributed by atoms with Crippen LogP contribution in [-0.4, -0.2) is 234 Å². The Kier molecular flexibility index (Phi) is 33.7. The highest BCUT2D eigenvalue weighted by atomic mass is 16.8. The molecule has 33 nitrogen and oxygen atoms in total. The number of rotatable bonds is 38. The number of aliphatic carboxylic acids is 2. The summed E-state index contributed by atoms with van der Waals surface area (Å²) in [6, 6.07) is 86.2. The van der Waals surface area contributed by atoms with Crippen LogP contribution in [0.1, 0.15) is 94.8 Å². The van der Waals surface area contributed by atoms with Gasteiger partial charge in [0, 0.05) is 13.1 Å². The summed E-state index contributed by atoms with van der Waals surface area (Å²) >= 11 is 0. The number of aliphatic hydroxyl groups is 2. The maximum atomic E-state index is 15.5. The summed E-state index contributed by atoms with van der Waals surface area (Å²) in [5.74, 6) is -12.1. The smallest absolute Gasteiger partial charge is 0.410 e. The molecule has 20 atom stereocenters. The number of aliphatic hydroxyl groups excluding tert-OH is 2. The number of hydrogen-bond donors (Lipinski definition) is 4. The summed E-state index contributed by atoms with van der Waals surface area (Å²) in [5.41, 5.74) is 1.49. The highest BCUT2D eigenvalue weighted by molar-refractivity contribution is 5.93. The monoisotopic (exact) mass is 1870 g/mol. The lowest BCUT2D eigenvalue weighted by Crippen LogP contribution is -2.69. The zero-order valence-corrected chi connectivity index (χ0v) is 73.1. The number of carboxylic acids is 2. The fourth-order valence-corrected chi connectivity index (χ4v) is 15.6. The van der Waals surface area contributed by atoms with Crippen molar-refractivity contribution in [2.75, 3.05) is 26.4 Å². The molecule has 4 N–H and O–H groups in total. The van der Waals surface area contributed by atoms with Crippen molar-refractivity contribution >= 4 is 59.8 Å². The van der Waals surface area contributed by atoms with Gasteiger partial charge in [0.1, 0.15) is 49.3 Å². The van der Waals surface area contributed by atoms with E-state index in [-0.39, 0.29) is 71.9 Å². The summed E-state index contributed by atoms with van der Waals surface area (Å²) in [6.45, 7) is -2.70. The maximum absolute atomic E-state index is 15.5. The second-order valence-electron chi connectivity index (χ2n) is 31.9. The number of benzene rings is 11. The Labute approximate surface area is 784 Å². The number of ether oxygens (including phenoxy) is 18. The van der Waals surface area contributed by atoms with Crippen molar-refractivity contribution in [1.29, 1.82) is 0 Å². The molecule has 4 heterocycles. The van der Waals surface area contributed by atoms with Gasteiger partial charge in [-0.1, -0.05) is 249 Å². The van der Waals surface area contributed by atoms with Crippen LogP contribution >= 0.6 is 0 Å². The Balaban J connectivity index is 0.872. The first-order chi connectivity index (χ1) is 66.7. The highest BCUT2D eigenvalue weighted by Crippen LogP contribution is 2.41. The molecule has 0 aromatic heterocycles. The molecule has 0 radical (unpaired) electrons. The van der Waals surface area contributed by atoms with Crippen molar-refractivity contribution in [2.45, 2.75) is 149 Å². The van der Waals surface area contributed by atoms with Crippen LogP contribution in [-0.2, 0) is 121 Å². The molecule has 15 rings (SSSR count). The summed E-state index contributed by atoms with van der Waals surface area (Å²) in [7, 11) is 0. The van der Waals surface area contributed by atoms with Crippen molar-refractivity contribution < 1.29 is 154 Å². The molecule has 11 aromatic rings. The fourth-order valence-electron chi connectivity index (χ4n) is 15.6. The summed E-state index contributed by atoms with van der Waals surface area (Å²) in [5, 5.41) is 48.2. The van der Waals surface area contributed by atoms with Crippen LogP contribution in [0, 0.1) is 0 Å². The molecule has 0 aliphatic carbocycles. The second kappa shape index (κ2) is 47.6. The van der Waals surface area contributed by atoms with Gasteiger partial charge in [-0.2, -0.15) is 0 Å². The molecule has 11 aromatic carbocycles. The molecule has 708 valence electrons. The minimum atomic E-state index is -2.64. The van der Waals surface area contributed by atoms with Crippen LogP contribution in [0.2, 0.25) is 0 Å². The predicted molar refractivity (Wildman–Crippen MR) is 478 cm³/mol. The average Bonchev–Trinajstić information content (AvgIpc) is 0.746. The van der Waals surface area contributed by atoms with E-state index in [2.05, 4.69) is 0 Å².